The largest absolute Gasteiger partial charge is 0.351 e. The van der Waals surface area contributed by atoms with Crippen LogP contribution in [0.5, 0.6) is 0 Å². The molecule has 2 heterocycles. The summed E-state index contributed by atoms with van der Waals surface area (Å²) in [4.78, 5) is 16.0. The van der Waals surface area contributed by atoms with Gasteiger partial charge in [0, 0.05) is 25.0 Å². The molecule has 0 radical (unpaired) electrons. The van der Waals surface area contributed by atoms with E-state index in [4.69, 9.17) is 0 Å². The molecule has 5 nitrogen and oxygen atoms in total. The van der Waals surface area contributed by atoms with Crippen LogP contribution in [0, 0.1) is 5.92 Å². The van der Waals surface area contributed by atoms with Gasteiger partial charge in [-0.05, 0) is 24.0 Å². The quantitative estimate of drug-likeness (QED) is 0.729. The van der Waals surface area contributed by atoms with Crippen molar-refractivity contribution in [3.8, 4) is 0 Å². The Morgan fingerprint density at radius 2 is 2.39 bits per heavy atom. The van der Waals surface area contributed by atoms with Crippen LogP contribution in [-0.2, 0) is 11.3 Å². The number of carbonyl (C=O) groups excluding carboxylic acids is 1. The van der Waals surface area contributed by atoms with Gasteiger partial charge < -0.3 is 5.32 Å². The Hall–Kier alpha value is -1.46. The fourth-order valence-electron chi connectivity index (χ4n) is 2.01. The number of amides is 1. The second-order valence-corrected chi connectivity index (χ2v) is 5.01. The highest BCUT2D eigenvalue weighted by atomic mass is 16.2. The first-order chi connectivity index (χ1) is 8.66. The van der Waals surface area contributed by atoms with E-state index in [-0.39, 0.29) is 11.9 Å². The van der Waals surface area contributed by atoms with E-state index in [1.807, 2.05) is 12.1 Å². The summed E-state index contributed by atoms with van der Waals surface area (Å²) in [5, 5.41) is 2.92. The van der Waals surface area contributed by atoms with E-state index in [1.54, 1.807) is 12.4 Å². The van der Waals surface area contributed by atoms with Crippen molar-refractivity contribution in [1.82, 2.24) is 21.2 Å². The summed E-state index contributed by atoms with van der Waals surface area (Å²) in [5.74, 6) is 0.558. The molecule has 0 spiro atoms. The second-order valence-electron chi connectivity index (χ2n) is 5.01. The number of pyridine rings is 1. The zero-order chi connectivity index (χ0) is 13.0. The highest BCUT2D eigenvalue weighted by Gasteiger charge is 2.30. The van der Waals surface area contributed by atoms with Crippen molar-refractivity contribution < 1.29 is 4.79 Å². The van der Waals surface area contributed by atoms with Crippen LogP contribution in [0.4, 0.5) is 0 Å². The predicted molar refractivity (Wildman–Crippen MR) is 69.4 cm³/mol. The van der Waals surface area contributed by atoms with Crippen LogP contribution in [-0.4, -0.2) is 23.0 Å². The van der Waals surface area contributed by atoms with Crippen LogP contribution in [0.15, 0.2) is 24.5 Å². The molecule has 98 valence electrons. The van der Waals surface area contributed by atoms with Gasteiger partial charge in [-0.25, -0.2) is 5.43 Å². The van der Waals surface area contributed by atoms with Gasteiger partial charge in [0.15, 0.2) is 0 Å². The van der Waals surface area contributed by atoms with E-state index in [1.165, 1.54) is 0 Å². The molecular weight excluding hydrogens is 228 g/mol. The van der Waals surface area contributed by atoms with Crippen molar-refractivity contribution in [2.75, 3.05) is 0 Å². The molecule has 1 aromatic heterocycles. The summed E-state index contributed by atoms with van der Waals surface area (Å²) < 4.78 is 0. The van der Waals surface area contributed by atoms with Gasteiger partial charge in [0.25, 0.3) is 0 Å². The molecular formula is C13H20N4O. The van der Waals surface area contributed by atoms with Gasteiger partial charge in [-0.3, -0.25) is 15.2 Å². The maximum absolute atomic E-state index is 12.0. The Morgan fingerprint density at radius 1 is 1.56 bits per heavy atom. The molecule has 5 heteroatoms. The first-order valence-electron chi connectivity index (χ1n) is 6.34. The summed E-state index contributed by atoms with van der Waals surface area (Å²) in [7, 11) is 0. The number of hydrogen-bond donors (Lipinski definition) is 3. The maximum atomic E-state index is 12.0. The minimum Gasteiger partial charge on any atom is -0.351 e. The molecule has 18 heavy (non-hydrogen) atoms. The van der Waals surface area contributed by atoms with Gasteiger partial charge in [0.1, 0.15) is 6.04 Å². The van der Waals surface area contributed by atoms with E-state index in [0.29, 0.717) is 18.5 Å². The minimum atomic E-state index is -0.144. The number of carbonyl (C=O) groups is 1. The molecule has 1 fully saturated rings. The number of hydrogen-bond acceptors (Lipinski definition) is 4. The van der Waals surface area contributed by atoms with Crippen LogP contribution in [0.25, 0.3) is 0 Å². The fraction of sp³-hybridized carbons (Fsp3) is 0.538. The maximum Gasteiger partial charge on any atom is 0.238 e. The van der Waals surface area contributed by atoms with E-state index in [0.717, 1.165) is 12.0 Å². The van der Waals surface area contributed by atoms with Crippen molar-refractivity contribution >= 4 is 5.91 Å². The molecule has 1 aliphatic rings. The van der Waals surface area contributed by atoms with Crippen LogP contribution >= 0.6 is 0 Å². The van der Waals surface area contributed by atoms with Crippen LogP contribution in [0.2, 0.25) is 0 Å². The SMILES string of the molecule is CC(C)C1CC(C(=O)NCc2cccnc2)NN1. The standard InChI is InChI=1S/C13H20N4O/c1-9(2)11-6-12(17-16-11)13(18)15-8-10-4-3-5-14-7-10/h3-5,7,9,11-12,16-17H,6,8H2,1-2H3,(H,15,18). The molecule has 0 aliphatic carbocycles. The third-order valence-corrected chi connectivity index (χ3v) is 3.24. The molecule has 1 saturated heterocycles. The lowest BCUT2D eigenvalue weighted by molar-refractivity contribution is -0.123. The lowest BCUT2D eigenvalue weighted by Gasteiger charge is -2.12. The molecule has 2 rings (SSSR count). The Bertz CT molecular complexity index is 393. The van der Waals surface area contributed by atoms with Crippen molar-refractivity contribution in [3.63, 3.8) is 0 Å². The van der Waals surface area contributed by atoms with Gasteiger partial charge in [-0.15, -0.1) is 0 Å². The molecule has 0 aromatic carbocycles. The van der Waals surface area contributed by atoms with Crippen molar-refractivity contribution in [3.05, 3.63) is 30.1 Å². The van der Waals surface area contributed by atoms with E-state index < -0.39 is 0 Å². The Labute approximate surface area is 107 Å². The summed E-state index contributed by atoms with van der Waals surface area (Å²) in [5.41, 5.74) is 7.22. The number of hydrazine groups is 1. The number of nitrogens with one attached hydrogen (secondary N) is 3. The Balaban J connectivity index is 1.79. The van der Waals surface area contributed by atoms with Crippen LogP contribution < -0.4 is 16.2 Å². The normalized spacial score (nSPS) is 23.3. The third kappa shape index (κ3) is 3.27. The van der Waals surface area contributed by atoms with Crippen LogP contribution in [0.3, 0.4) is 0 Å². The summed E-state index contributed by atoms with van der Waals surface area (Å²) in [6.45, 7) is 4.82. The topological polar surface area (TPSA) is 66.0 Å². The molecule has 3 N–H and O–H groups in total. The van der Waals surface area contributed by atoms with Gasteiger partial charge in [-0.2, -0.15) is 0 Å². The number of aromatic nitrogens is 1. The lowest BCUT2D eigenvalue weighted by atomic mass is 9.99. The van der Waals surface area contributed by atoms with Crippen molar-refractivity contribution in [1.29, 1.82) is 0 Å². The summed E-state index contributed by atoms with van der Waals surface area (Å²) >= 11 is 0. The van der Waals surface area contributed by atoms with E-state index in [2.05, 4.69) is 35.0 Å². The molecule has 1 amide bonds. The lowest BCUT2D eigenvalue weighted by Crippen LogP contribution is -2.43. The minimum absolute atomic E-state index is 0.0366. The molecule has 1 aromatic rings. The zero-order valence-electron chi connectivity index (χ0n) is 10.8. The molecule has 0 saturated carbocycles. The molecule has 1 aliphatic heterocycles. The van der Waals surface area contributed by atoms with Crippen molar-refractivity contribution in [2.24, 2.45) is 5.92 Å². The highest BCUT2D eigenvalue weighted by Crippen LogP contribution is 2.13. The third-order valence-electron chi connectivity index (χ3n) is 3.24. The summed E-state index contributed by atoms with van der Waals surface area (Å²) in [6, 6.07) is 4.03. The van der Waals surface area contributed by atoms with E-state index in [9.17, 15) is 4.79 Å². The van der Waals surface area contributed by atoms with Crippen LogP contribution in [0.1, 0.15) is 25.8 Å². The second kappa shape index (κ2) is 5.93. The smallest absolute Gasteiger partial charge is 0.238 e. The Kier molecular flexibility index (Phi) is 4.28. The fourth-order valence-corrected chi connectivity index (χ4v) is 2.01. The molecule has 0 bridgehead atoms. The predicted octanol–water partition coefficient (Wildman–Crippen LogP) is 0.589. The highest BCUT2D eigenvalue weighted by molar-refractivity contribution is 5.82. The molecule has 2 unspecified atom stereocenters. The zero-order valence-corrected chi connectivity index (χ0v) is 10.8. The molecule has 2 atom stereocenters. The van der Waals surface area contributed by atoms with Crippen molar-refractivity contribution in [2.45, 2.75) is 38.9 Å². The number of nitrogens with zero attached hydrogens (tertiary/aromatic N) is 1. The number of rotatable bonds is 4. The average Bonchev–Trinajstić information content (AvgIpc) is 2.87. The van der Waals surface area contributed by atoms with Gasteiger partial charge in [0.05, 0.1) is 0 Å². The summed E-state index contributed by atoms with van der Waals surface area (Å²) in [6.07, 6.45) is 4.31. The monoisotopic (exact) mass is 248 g/mol. The van der Waals surface area contributed by atoms with Gasteiger partial charge in [-0.1, -0.05) is 19.9 Å². The van der Waals surface area contributed by atoms with E-state index >= 15 is 0 Å². The Morgan fingerprint density at radius 3 is 3.00 bits per heavy atom. The average molecular weight is 248 g/mol. The first kappa shape index (κ1) is 13.0. The first-order valence-corrected chi connectivity index (χ1v) is 6.34. The van der Waals surface area contributed by atoms with Gasteiger partial charge in [0.2, 0.25) is 5.91 Å². The van der Waals surface area contributed by atoms with Gasteiger partial charge >= 0.3 is 0 Å².